The average molecular weight is 863 g/mol. The number of hydrogen-bond donors (Lipinski definition) is 4. The number of aryl methyl sites for hydroxylation is 3. The van der Waals surface area contributed by atoms with Crippen LogP contribution < -0.4 is 26.6 Å². The van der Waals surface area contributed by atoms with Gasteiger partial charge in [0, 0.05) is 37.3 Å². The van der Waals surface area contributed by atoms with E-state index in [2.05, 4.69) is 25.3 Å². The number of piperidine rings is 1. The van der Waals surface area contributed by atoms with Crippen molar-refractivity contribution in [3.8, 4) is 0 Å². The van der Waals surface area contributed by atoms with Crippen LogP contribution in [0.1, 0.15) is 119 Å². The van der Waals surface area contributed by atoms with Crippen LogP contribution in [0.4, 0.5) is 20.4 Å². The Kier molecular flexibility index (Phi) is 12.9. The highest BCUT2D eigenvalue weighted by Gasteiger charge is 2.40. The first-order chi connectivity index (χ1) is 29.1. The summed E-state index contributed by atoms with van der Waals surface area (Å²) in [7, 11) is -2.08. The zero-order valence-electron chi connectivity index (χ0n) is 34.5. The molecule has 1 aliphatic heterocycles. The molecule has 0 radical (unpaired) electrons. The Morgan fingerprint density at radius 3 is 2.41 bits per heavy atom. The third-order valence-corrected chi connectivity index (χ3v) is 13.6. The number of unbranched alkanes of at least 4 members (excludes halogenated alkanes) is 6. The number of nitrogens with one attached hydrogen (secondary N) is 3. The highest BCUT2D eigenvalue weighted by atomic mass is 32.2. The largest absolute Gasteiger partial charge is 0.388 e. The van der Waals surface area contributed by atoms with Gasteiger partial charge in [-0.05, 0) is 100 Å². The molecule has 18 heteroatoms. The minimum Gasteiger partial charge on any atom is -0.388 e. The normalized spacial score (nSPS) is 19.7. The molecule has 0 bridgehead atoms. The third-order valence-electron chi connectivity index (χ3n) is 12.1. The van der Waals surface area contributed by atoms with Crippen LogP contribution >= 0.6 is 0 Å². The van der Waals surface area contributed by atoms with Gasteiger partial charge < -0.3 is 10.4 Å². The summed E-state index contributed by atoms with van der Waals surface area (Å²) in [4.78, 5) is 59.6. The highest BCUT2D eigenvalue weighted by molar-refractivity contribution is 7.89. The third kappa shape index (κ3) is 9.16. The molecule has 1 saturated carbocycles. The Hall–Kier alpha value is -5.33. The summed E-state index contributed by atoms with van der Waals surface area (Å²) in [5.41, 5.74) is 0.579. The van der Waals surface area contributed by atoms with Crippen LogP contribution in [0, 0.1) is 6.92 Å². The molecule has 4 heterocycles. The van der Waals surface area contributed by atoms with Crippen molar-refractivity contribution in [1.29, 1.82) is 0 Å². The molecule has 1 aliphatic carbocycles. The van der Waals surface area contributed by atoms with Crippen molar-refractivity contribution in [2.75, 3.05) is 11.9 Å². The minimum atomic E-state index is -3.79. The Bertz CT molecular complexity index is 2710. The number of carbonyl (C=O) groups excluding carboxylic acids is 2. The Balaban J connectivity index is 0.876. The molecule has 2 amide bonds. The zero-order valence-corrected chi connectivity index (χ0v) is 35.4. The van der Waals surface area contributed by atoms with E-state index < -0.39 is 51.2 Å². The Morgan fingerprint density at radius 2 is 1.72 bits per heavy atom. The predicted molar refractivity (Wildman–Crippen MR) is 227 cm³/mol. The number of sulfonamides is 1. The van der Waals surface area contributed by atoms with E-state index in [0.717, 1.165) is 66.7 Å². The summed E-state index contributed by atoms with van der Waals surface area (Å²) in [5, 5.41) is 16.6. The number of aromatic nitrogens is 5. The number of alkyl halides is 2. The second-order valence-corrected chi connectivity index (χ2v) is 18.3. The van der Waals surface area contributed by atoms with Crippen LogP contribution in [0.5, 0.6) is 0 Å². The molecule has 4 N–H and O–H groups in total. The van der Waals surface area contributed by atoms with Crippen molar-refractivity contribution in [3.63, 3.8) is 0 Å². The number of imidazole rings is 1. The zero-order chi connectivity index (χ0) is 43.6. The molecular weight excluding hydrogens is 811 g/mol. The van der Waals surface area contributed by atoms with Crippen molar-refractivity contribution >= 4 is 55.5 Å². The molecule has 1 unspecified atom stereocenters. The van der Waals surface area contributed by atoms with Crippen LogP contribution in [0.15, 0.2) is 63.1 Å². The maximum Gasteiger partial charge on any atom is 0.329 e. The number of pyridine rings is 1. The number of nitrogens with zero attached hydrogens (tertiary/aromatic N) is 5. The molecule has 15 nitrogen and oxygen atoms in total. The summed E-state index contributed by atoms with van der Waals surface area (Å²) in [5.74, 6) is -0.705. The van der Waals surface area contributed by atoms with Gasteiger partial charge in [0.05, 0.1) is 33.1 Å². The molecule has 2 aliphatic rings. The van der Waals surface area contributed by atoms with Crippen molar-refractivity contribution in [1.82, 2.24) is 33.7 Å². The average Bonchev–Trinajstić information content (AvgIpc) is 3.69. The molecule has 3 aromatic heterocycles. The summed E-state index contributed by atoms with van der Waals surface area (Å²) >= 11 is 0. The number of benzene rings is 2. The first kappa shape index (κ1) is 43.7. The van der Waals surface area contributed by atoms with Gasteiger partial charge in [-0.1, -0.05) is 44.2 Å². The van der Waals surface area contributed by atoms with E-state index >= 15 is 0 Å². The van der Waals surface area contributed by atoms with E-state index in [-0.39, 0.29) is 52.9 Å². The number of anilines is 2. The summed E-state index contributed by atoms with van der Waals surface area (Å²) < 4.78 is 61.0. The second-order valence-electron chi connectivity index (χ2n) is 16.5. The van der Waals surface area contributed by atoms with Crippen LogP contribution in [-0.2, 0) is 33.1 Å². The van der Waals surface area contributed by atoms with Gasteiger partial charge in [-0.3, -0.25) is 33.4 Å². The molecule has 0 spiro atoms. The predicted octanol–water partition coefficient (Wildman–Crippen LogP) is 6.14. The lowest BCUT2D eigenvalue weighted by Gasteiger charge is -2.28. The van der Waals surface area contributed by atoms with Crippen LogP contribution in [0.25, 0.3) is 22.1 Å². The molecule has 7 rings (SSSR count). The lowest BCUT2D eigenvalue weighted by Crippen LogP contribution is -2.44. The smallest absolute Gasteiger partial charge is 0.329 e. The quantitative estimate of drug-likeness (QED) is 0.0622. The van der Waals surface area contributed by atoms with Crippen molar-refractivity contribution in [2.45, 2.75) is 126 Å². The van der Waals surface area contributed by atoms with E-state index in [1.807, 2.05) is 18.2 Å². The highest BCUT2D eigenvalue weighted by Crippen LogP contribution is 2.40. The van der Waals surface area contributed by atoms with E-state index in [0.29, 0.717) is 42.5 Å². The number of hydrogen-bond acceptors (Lipinski definition) is 10. The fraction of sp³-hybridized carbons (Fsp3) is 0.488. The number of para-hydroxylation sites is 1. The van der Waals surface area contributed by atoms with Crippen molar-refractivity contribution in [3.05, 3.63) is 86.2 Å². The molecule has 5 aromatic rings. The number of amides is 2. The van der Waals surface area contributed by atoms with E-state index in [9.17, 15) is 41.5 Å². The van der Waals surface area contributed by atoms with E-state index in [1.54, 1.807) is 31.5 Å². The number of rotatable bonds is 17. The molecule has 326 valence electrons. The molecular formula is C43H52F2N8O7S. The minimum absolute atomic E-state index is 0.0740. The Morgan fingerprint density at radius 1 is 0.984 bits per heavy atom. The monoisotopic (exact) mass is 862 g/mol. The maximum absolute atomic E-state index is 13.9. The summed E-state index contributed by atoms with van der Waals surface area (Å²) in [6.07, 6.45) is 7.48. The van der Waals surface area contributed by atoms with Gasteiger partial charge in [-0.2, -0.15) is 4.98 Å². The van der Waals surface area contributed by atoms with E-state index in [1.165, 1.54) is 22.9 Å². The maximum atomic E-state index is 13.9. The van der Waals surface area contributed by atoms with E-state index in [4.69, 9.17) is 0 Å². The fourth-order valence-electron chi connectivity index (χ4n) is 8.81. The lowest BCUT2D eigenvalue weighted by atomic mass is 9.99. The lowest BCUT2D eigenvalue weighted by molar-refractivity contribution is -0.135. The van der Waals surface area contributed by atoms with Gasteiger partial charge in [0.2, 0.25) is 27.8 Å². The molecule has 2 aromatic carbocycles. The SMILES string of the molecule is Cc1cc(S(=O)(=O)NCCCCCCCCCc2cccc3c2n(C)c(=O)n3C2CCC(=O)NC2=O)ccc1Nc1ncc2cc(C(F)F)c(=O)n([C@@H]3CCC[C@@]3(C)O)c2n1. The van der Waals surface area contributed by atoms with Crippen LogP contribution in [0.3, 0.4) is 0 Å². The molecule has 61 heavy (non-hydrogen) atoms. The number of carbonyl (C=O) groups is 2. The first-order valence-corrected chi connectivity index (χ1v) is 22.4. The molecule has 3 atom stereocenters. The van der Waals surface area contributed by atoms with Crippen molar-refractivity contribution in [2.24, 2.45) is 7.05 Å². The number of halogens is 2. The molecule has 2 fully saturated rings. The number of imide groups is 1. The summed E-state index contributed by atoms with van der Waals surface area (Å²) in [6.45, 7) is 3.60. The van der Waals surface area contributed by atoms with Gasteiger partial charge in [0.1, 0.15) is 11.7 Å². The van der Waals surface area contributed by atoms with Gasteiger partial charge in [0.25, 0.3) is 12.0 Å². The van der Waals surface area contributed by atoms with Gasteiger partial charge in [-0.15, -0.1) is 0 Å². The molecule has 1 saturated heterocycles. The second kappa shape index (κ2) is 17.9. The number of aliphatic hydroxyl groups is 1. The van der Waals surface area contributed by atoms with Crippen LogP contribution in [0.2, 0.25) is 0 Å². The van der Waals surface area contributed by atoms with Gasteiger partial charge in [-0.25, -0.2) is 31.7 Å². The first-order valence-electron chi connectivity index (χ1n) is 20.9. The van der Waals surface area contributed by atoms with Crippen molar-refractivity contribution < 1.29 is 31.9 Å². The standard InChI is InChI=1S/C43H52F2N8O7S/c1-26-23-29(17-18-31(26)48-41-46-25-28-24-30(37(44)45)40(56)53(38(28)50-41)34-16-12-21-43(34,2)58)61(59,60)47-22-10-8-6-4-5-7-9-13-27-14-11-15-32-36(27)51(3)42(57)52(32)33-19-20-35(54)49-39(33)55/h11,14-15,17-18,23-25,33-34,37,47,58H,4-10,12-13,16,19-22H2,1-3H3,(H,46,48,50)(H,49,54,55)/t33?,34-,43-/m1/s1. The van der Waals surface area contributed by atoms with Gasteiger partial charge in [0.15, 0.2) is 0 Å². The topological polar surface area (TPSA) is 199 Å². The van der Waals surface area contributed by atoms with Crippen LogP contribution in [-0.4, -0.2) is 61.2 Å². The fourth-order valence-corrected chi connectivity index (χ4v) is 9.97. The Labute approximate surface area is 351 Å². The van der Waals surface area contributed by atoms with Gasteiger partial charge >= 0.3 is 5.69 Å². The number of fused-ring (bicyclic) bond motifs is 2. The summed E-state index contributed by atoms with van der Waals surface area (Å²) in [6, 6.07) is 9.94.